The molecule has 1 rings (SSSR count). The Morgan fingerprint density at radius 3 is 2.39 bits per heavy atom. The Hall–Kier alpha value is -0.620. The van der Waals surface area contributed by atoms with Gasteiger partial charge in [0.25, 0.3) is 10.2 Å². The highest BCUT2D eigenvalue weighted by atomic mass is 35.5. The minimum absolute atomic E-state index is 0.403. The number of unbranched alkanes of at least 4 members (excludes halogenated alkanes) is 1. The standard InChI is InChI=1S/C12H19ClN2O2S/c1-2-14-18(16,17)15-10-4-3-5-11-6-8-12(13)9-7-11/h6-9,14-15H,2-5,10H2,1H3. The van der Waals surface area contributed by atoms with Gasteiger partial charge in [-0.3, -0.25) is 0 Å². The van der Waals surface area contributed by atoms with E-state index in [1.807, 2.05) is 24.3 Å². The van der Waals surface area contributed by atoms with Gasteiger partial charge in [0.1, 0.15) is 0 Å². The molecule has 0 saturated heterocycles. The zero-order valence-corrected chi connectivity index (χ0v) is 12.0. The van der Waals surface area contributed by atoms with Crippen molar-refractivity contribution >= 4 is 21.8 Å². The van der Waals surface area contributed by atoms with Gasteiger partial charge in [0, 0.05) is 18.1 Å². The largest absolute Gasteiger partial charge is 0.276 e. The molecule has 0 radical (unpaired) electrons. The van der Waals surface area contributed by atoms with Crippen LogP contribution in [0.4, 0.5) is 0 Å². The van der Waals surface area contributed by atoms with E-state index in [0.29, 0.717) is 13.1 Å². The van der Waals surface area contributed by atoms with Crippen LogP contribution in [-0.2, 0) is 16.6 Å². The molecule has 0 aromatic heterocycles. The highest BCUT2D eigenvalue weighted by Crippen LogP contribution is 2.11. The smallest absolute Gasteiger partial charge is 0.203 e. The number of benzene rings is 1. The van der Waals surface area contributed by atoms with E-state index >= 15 is 0 Å². The van der Waals surface area contributed by atoms with Gasteiger partial charge in [-0.1, -0.05) is 30.7 Å². The van der Waals surface area contributed by atoms with Crippen LogP contribution < -0.4 is 9.44 Å². The number of hydrogen-bond acceptors (Lipinski definition) is 2. The average molecular weight is 291 g/mol. The molecule has 0 aliphatic heterocycles. The molecule has 1 aromatic carbocycles. The third-order valence-corrected chi connectivity index (χ3v) is 3.94. The Balaban J connectivity index is 2.18. The molecule has 6 heteroatoms. The van der Waals surface area contributed by atoms with Crippen LogP contribution in [0.3, 0.4) is 0 Å². The summed E-state index contributed by atoms with van der Waals surface area (Å²) in [5.41, 5.74) is 1.22. The molecular formula is C12H19ClN2O2S. The molecule has 0 saturated carbocycles. The first-order valence-corrected chi connectivity index (χ1v) is 7.88. The third-order valence-electron chi connectivity index (χ3n) is 2.43. The van der Waals surface area contributed by atoms with Gasteiger partial charge >= 0.3 is 0 Å². The van der Waals surface area contributed by atoms with Crippen molar-refractivity contribution in [2.24, 2.45) is 0 Å². The quantitative estimate of drug-likeness (QED) is 0.721. The Labute approximate surface area is 114 Å². The average Bonchev–Trinajstić information content (AvgIpc) is 2.31. The van der Waals surface area contributed by atoms with E-state index in [4.69, 9.17) is 11.6 Å². The van der Waals surface area contributed by atoms with Gasteiger partial charge in [-0.05, 0) is 37.0 Å². The molecule has 0 heterocycles. The Kier molecular flexibility index (Phi) is 6.63. The second-order valence-electron chi connectivity index (χ2n) is 3.98. The van der Waals surface area contributed by atoms with Crippen LogP contribution in [0.15, 0.2) is 24.3 Å². The van der Waals surface area contributed by atoms with E-state index in [1.54, 1.807) is 6.92 Å². The maximum atomic E-state index is 11.3. The summed E-state index contributed by atoms with van der Waals surface area (Å²) in [7, 11) is -3.30. The molecule has 0 spiro atoms. The van der Waals surface area contributed by atoms with Crippen molar-refractivity contribution in [2.75, 3.05) is 13.1 Å². The molecule has 0 unspecified atom stereocenters. The molecule has 18 heavy (non-hydrogen) atoms. The molecule has 0 aliphatic rings. The number of nitrogens with one attached hydrogen (secondary N) is 2. The molecule has 102 valence electrons. The highest BCUT2D eigenvalue weighted by molar-refractivity contribution is 7.87. The summed E-state index contributed by atoms with van der Waals surface area (Å²) < 4.78 is 27.4. The second kappa shape index (κ2) is 7.74. The molecule has 0 fully saturated rings. The van der Waals surface area contributed by atoms with Crippen molar-refractivity contribution in [3.8, 4) is 0 Å². The lowest BCUT2D eigenvalue weighted by molar-refractivity contribution is 0.564. The summed E-state index contributed by atoms with van der Waals surface area (Å²) in [6.45, 7) is 2.61. The van der Waals surface area contributed by atoms with Crippen LogP contribution in [0.5, 0.6) is 0 Å². The Morgan fingerprint density at radius 2 is 1.78 bits per heavy atom. The summed E-state index contributed by atoms with van der Waals surface area (Å²) in [5.74, 6) is 0. The fraction of sp³-hybridized carbons (Fsp3) is 0.500. The van der Waals surface area contributed by atoms with Crippen LogP contribution in [0.25, 0.3) is 0 Å². The first-order chi connectivity index (χ1) is 8.53. The molecular weight excluding hydrogens is 272 g/mol. The van der Waals surface area contributed by atoms with Crippen LogP contribution in [0.1, 0.15) is 25.3 Å². The predicted molar refractivity (Wildman–Crippen MR) is 75.0 cm³/mol. The predicted octanol–water partition coefficient (Wildman–Crippen LogP) is 2.11. The summed E-state index contributed by atoms with van der Waals surface area (Å²) in [6.07, 6.45) is 2.68. The molecule has 1 aromatic rings. The van der Waals surface area contributed by atoms with Gasteiger partial charge in [-0.25, -0.2) is 9.44 Å². The topological polar surface area (TPSA) is 58.2 Å². The molecule has 0 amide bonds. The second-order valence-corrected chi connectivity index (χ2v) is 6.00. The van der Waals surface area contributed by atoms with Crippen molar-refractivity contribution in [2.45, 2.75) is 26.2 Å². The van der Waals surface area contributed by atoms with E-state index in [9.17, 15) is 8.42 Å². The Morgan fingerprint density at radius 1 is 1.11 bits per heavy atom. The fourth-order valence-corrected chi connectivity index (χ4v) is 2.57. The van der Waals surface area contributed by atoms with Crippen molar-refractivity contribution in [1.82, 2.24) is 9.44 Å². The fourth-order valence-electron chi connectivity index (χ4n) is 1.55. The molecule has 0 atom stereocenters. The number of hydrogen-bond donors (Lipinski definition) is 2. The summed E-state index contributed by atoms with van der Waals surface area (Å²) in [5, 5.41) is 0.733. The first-order valence-electron chi connectivity index (χ1n) is 6.02. The first kappa shape index (κ1) is 15.4. The lowest BCUT2D eigenvalue weighted by Gasteiger charge is -2.06. The SMILES string of the molecule is CCNS(=O)(=O)NCCCCc1ccc(Cl)cc1. The number of rotatable bonds is 8. The van der Waals surface area contributed by atoms with Gasteiger partial charge in [0.05, 0.1) is 0 Å². The lowest BCUT2D eigenvalue weighted by atomic mass is 10.1. The summed E-state index contributed by atoms with van der Waals surface area (Å²) in [6, 6.07) is 7.71. The number of aryl methyl sites for hydroxylation is 1. The van der Waals surface area contributed by atoms with Crippen molar-refractivity contribution in [3.05, 3.63) is 34.9 Å². The van der Waals surface area contributed by atoms with Crippen LogP contribution in [0, 0.1) is 0 Å². The van der Waals surface area contributed by atoms with Crippen LogP contribution in [-0.4, -0.2) is 21.5 Å². The van der Waals surface area contributed by atoms with E-state index < -0.39 is 10.2 Å². The normalized spacial score (nSPS) is 11.7. The Bertz CT molecular complexity index is 446. The van der Waals surface area contributed by atoms with Gasteiger partial charge < -0.3 is 0 Å². The maximum absolute atomic E-state index is 11.3. The monoisotopic (exact) mass is 290 g/mol. The van der Waals surface area contributed by atoms with E-state index in [-0.39, 0.29) is 0 Å². The molecule has 0 bridgehead atoms. The highest BCUT2D eigenvalue weighted by Gasteiger charge is 2.05. The zero-order valence-electron chi connectivity index (χ0n) is 10.4. The minimum atomic E-state index is -3.30. The molecule has 2 N–H and O–H groups in total. The van der Waals surface area contributed by atoms with Gasteiger partial charge in [-0.15, -0.1) is 0 Å². The van der Waals surface area contributed by atoms with E-state index in [2.05, 4.69) is 9.44 Å². The summed E-state index contributed by atoms with van der Waals surface area (Å²) >= 11 is 5.79. The van der Waals surface area contributed by atoms with E-state index in [0.717, 1.165) is 24.3 Å². The maximum Gasteiger partial charge on any atom is 0.276 e. The van der Waals surface area contributed by atoms with Crippen molar-refractivity contribution in [1.29, 1.82) is 0 Å². The van der Waals surface area contributed by atoms with Gasteiger partial charge in [0.15, 0.2) is 0 Å². The van der Waals surface area contributed by atoms with Crippen LogP contribution in [0.2, 0.25) is 5.02 Å². The van der Waals surface area contributed by atoms with Crippen molar-refractivity contribution < 1.29 is 8.42 Å². The number of halogens is 1. The van der Waals surface area contributed by atoms with Gasteiger partial charge in [0.2, 0.25) is 0 Å². The van der Waals surface area contributed by atoms with Gasteiger partial charge in [-0.2, -0.15) is 8.42 Å². The van der Waals surface area contributed by atoms with Crippen LogP contribution >= 0.6 is 11.6 Å². The lowest BCUT2D eigenvalue weighted by Crippen LogP contribution is -2.36. The third kappa shape index (κ3) is 6.35. The van der Waals surface area contributed by atoms with E-state index in [1.165, 1.54) is 5.56 Å². The zero-order chi connectivity index (χ0) is 13.4. The van der Waals surface area contributed by atoms with Crippen molar-refractivity contribution in [3.63, 3.8) is 0 Å². The summed E-state index contributed by atoms with van der Waals surface area (Å²) in [4.78, 5) is 0. The molecule has 4 nitrogen and oxygen atoms in total. The molecule has 0 aliphatic carbocycles. The minimum Gasteiger partial charge on any atom is -0.203 e.